The van der Waals surface area contributed by atoms with Gasteiger partial charge in [-0.2, -0.15) is 10.6 Å². The maximum Gasteiger partial charge on any atom is 0.344 e. The van der Waals surface area contributed by atoms with E-state index in [0.717, 1.165) is 32.5 Å². The molecular formula is C12H28FN5O4P2. The van der Waals surface area contributed by atoms with E-state index < -0.39 is 0 Å². The van der Waals surface area contributed by atoms with Crippen LogP contribution < -0.4 is 11.0 Å². The topological polar surface area (TPSA) is 86.4 Å². The summed E-state index contributed by atoms with van der Waals surface area (Å²) in [6, 6.07) is 0.302. The zero-order valence-electron chi connectivity index (χ0n) is 14.1. The number of urea groups is 1. The zero-order chi connectivity index (χ0) is 18.4. The van der Waals surface area contributed by atoms with Crippen molar-refractivity contribution < 1.29 is 23.5 Å². The number of hydrogen-bond donors (Lipinski definition) is 2. The van der Waals surface area contributed by atoms with Crippen LogP contribution >= 0.6 is 18.9 Å². The van der Waals surface area contributed by atoms with Crippen molar-refractivity contribution in [3.63, 3.8) is 0 Å². The van der Waals surface area contributed by atoms with Gasteiger partial charge in [0, 0.05) is 35.6 Å². The molecule has 0 aliphatic carbocycles. The Morgan fingerprint density at radius 2 is 2.21 bits per heavy atom. The van der Waals surface area contributed by atoms with Crippen molar-refractivity contribution in [1.29, 1.82) is 0 Å². The first-order valence-corrected chi connectivity index (χ1v) is 8.55. The first kappa shape index (κ1) is 23.4. The Balaban J connectivity index is 0.000000369. The predicted molar refractivity (Wildman–Crippen MR) is 94.9 cm³/mol. The molecule has 2 aliphatic rings. The highest BCUT2D eigenvalue weighted by Crippen LogP contribution is 2.26. The molecule has 2 aliphatic heterocycles. The molecule has 2 heterocycles. The number of amides is 3. The number of likely N-dealkylation sites (N-methyl/N-ethyl adjacent to an activating group) is 1. The van der Waals surface area contributed by atoms with Crippen molar-refractivity contribution in [3.8, 4) is 0 Å². The molecule has 0 aromatic rings. The van der Waals surface area contributed by atoms with Gasteiger partial charge in [0.2, 0.25) is 6.41 Å². The van der Waals surface area contributed by atoms with E-state index >= 15 is 0 Å². The molecule has 142 valence electrons. The number of nitrogens with zero attached hydrogens (tertiary/aromatic N) is 3. The van der Waals surface area contributed by atoms with Gasteiger partial charge >= 0.3 is 6.03 Å². The number of halogens is 1. The number of nitrogens with one attached hydrogen (secondary N) is 2. The molecule has 0 aromatic carbocycles. The number of carbonyl (C=O) groups is 2. The fourth-order valence-electron chi connectivity index (χ4n) is 2.03. The van der Waals surface area contributed by atoms with E-state index in [1.807, 2.05) is 16.6 Å². The van der Waals surface area contributed by atoms with Crippen LogP contribution in [0.4, 0.5) is 9.28 Å². The van der Waals surface area contributed by atoms with Gasteiger partial charge in [0.1, 0.15) is 0 Å². The SMILES string of the molecule is CCNF.CN(P)CCONC=O.O=C1N2CCC[C@H](C2)N1OP. The van der Waals surface area contributed by atoms with Gasteiger partial charge in [0.05, 0.1) is 12.6 Å². The summed E-state index contributed by atoms with van der Waals surface area (Å²) in [5.74, 6) is 0. The molecular weight excluding hydrogens is 359 g/mol. The lowest BCUT2D eigenvalue weighted by molar-refractivity contribution is -0.120. The van der Waals surface area contributed by atoms with Crippen LogP contribution in [0.3, 0.4) is 0 Å². The summed E-state index contributed by atoms with van der Waals surface area (Å²) in [5.41, 5.74) is 3.52. The normalized spacial score (nSPS) is 18.6. The standard InChI is InChI=1S/C6H11N2O2P.C4H11N2O2P.C2H6FN/c9-6-7-3-1-2-5(4-7)8(6)10-11;1-6(9)2-3-8-5-4-7;1-2-4-3/h5H,1-4,11H2;4H,2-3,9H2,1H3,(H,5,7);4H,2H2,1H3/t5-;;/m1../s1. The van der Waals surface area contributed by atoms with Crippen LogP contribution in [0.2, 0.25) is 0 Å². The van der Waals surface area contributed by atoms with Crippen LogP contribution in [-0.4, -0.2) is 73.0 Å². The molecule has 24 heavy (non-hydrogen) atoms. The van der Waals surface area contributed by atoms with Crippen molar-refractivity contribution in [2.24, 2.45) is 0 Å². The highest BCUT2D eigenvalue weighted by atomic mass is 31.0. The molecule has 2 unspecified atom stereocenters. The minimum Gasteiger partial charge on any atom is -0.321 e. The van der Waals surface area contributed by atoms with Gasteiger partial charge in [0.15, 0.2) is 0 Å². The van der Waals surface area contributed by atoms with Crippen molar-refractivity contribution in [3.05, 3.63) is 0 Å². The fourth-order valence-corrected chi connectivity index (χ4v) is 2.40. The van der Waals surface area contributed by atoms with Gasteiger partial charge in [0.25, 0.3) is 0 Å². The number of fused-ring (bicyclic) bond motifs is 2. The van der Waals surface area contributed by atoms with Crippen LogP contribution in [0.15, 0.2) is 0 Å². The minimum absolute atomic E-state index is 0.0162. The Morgan fingerprint density at radius 1 is 1.54 bits per heavy atom. The molecule has 3 atom stereocenters. The molecule has 0 aromatic heterocycles. The zero-order valence-corrected chi connectivity index (χ0v) is 16.4. The maximum atomic E-state index is 11.3. The van der Waals surface area contributed by atoms with E-state index in [1.54, 1.807) is 6.92 Å². The van der Waals surface area contributed by atoms with Crippen LogP contribution in [0, 0.1) is 0 Å². The Labute approximate surface area is 146 Å². The summed E-state index contributed by atoms with van der Waals surface area (Å²) >= 11 is 0. The van der Waals surface area contributed by atoms with Crippen molar-refractivity contribution in [2.45, 2.75) is 25.8 Å². The molecule has 2 N–H and O–H groups in total. The van der Waals surface area contributed by atoms with E-state index in [2.05, 4.69) is 29.2 Å². The highest BCUT2D eigenvalue weighted by molar-refractivity contribution is 7.13. The third-order valence-corrected chi connectivity index (χ3v) is 3.60. The van der Waals surface area contributed by atoms with Gasteiger partial charge in [-0.25, -0.2) is 10.3 Å². The summed E-state index contributed by atoms with van der Waals surface area (Å²) in [4.78, 5) is 27.4. The summed E-state index contributed by atoms with van der Waals surface area (Å²) in [6.07, 6.45) is 2.67. The highest BCUT2D eigenvalue weighted by Gasteiger charge is 2.40. The third-order valence-electron chi connectivity index (χ3n) is 3.11. The summed E-state index contributed by atoms with van der Waals surface area (Å²) in [6.45, 7) is 5.09. The van der Waals surface area contributed by atoms with Gasteiger partial charge in [-0.1, -0.05) is 16.3 Å². The summed E-state index contributed by atoms with van der Waals surface area (Å²) in [5, 5.41) is 1.46. The van der Waals surface area contributed by atoms with Crippen molar-refractivity contribution >= 4 is 31.3 Å². The van der Waals surface area contributed by atoms with Gasteiger partial charge in [-0.05, 0) is 19.9 Å². The molecule has 2 rings (SSSR count). The maximum absolute atomic E-state index is 11.3. The second-order valence-corrected chi connectivity index (χ2v) is 6.10. The number of piperidine rings is 1. The Bertz CT molecular complexity index is 355. The number of hydroxylamine groups is 3. The number of hydrogen-bond acceptors (Lipinski definition) is 6. The van der Waals surface area contributed by atoms with Gasteiger partial charge < -0.3 is 4.90 Å². The first-order chi connectivity index (χ1) is 11.5. The van der Waals surface area contributed by atoms with E-state index in [1.165, 1.54) is 10.6 Å². The van der Waals surface area contributed by atoms with Crippen molar-refractivity contribution in [1.82, 2.24) is 25.7 Å². The molecule has 0 spiro atoms. The van der Waals surface area contributed by atoms with Gasteiger partial charge in [-0.3, -0.25) is 18.9 Å². The predicted octanol–water partition coefficient (Wildman–Crippen LogP) is 0.474. The molecule has 0 radical (unpaired) electrons. The molecule has 0 saturated carbocycles. The van der Waals surface area contributed by atoms with E-state index in [0.29, 0.717) is 19.6 Å². The molecule has 2 bridgehead atoms. The smallest absolute Gasteiger partial charge is 0.321 e. The van der Waals surface area contributed by atoms with E-state index in [-0.39, 0.29) is 12.1 Å². The lowest BCUT2D eigenvalue weighted by Gasteiger charge is -2.20. The quantitative estimate of drug-likeness (QED) is 0.217. The molecule has 12 heteroatoms. The summed E-state index contributed by atoms with van der Waals surface area (Å²) in [7, 11) is 6.50. The lowest BCUT2D eigenvalue weighted by Crippen LogP contribution is -2.30. The Hall–Kier alpha value is -0.630. The molecule has 2 saturated heterocycles. The van der Waals surface area contributed by atoms with Crippen LogP contribution in [0.25, 0.3) is 0 Å². The average Bonchev–Trinajstić information content (AvgIpc) is 2.80. The fraction of sp³-hybridized carbons (Fsp3) is 0.833. The first-order valence-electron chi connectivity index (χ1n) is 7.57. The van der Waals surface area contributed by atoms with E-state index in [9.17, 15) is 14.1 Å². The summed E-state index contributed by atoms with van der Waals surface area (Å²) < 4.78 is 17.2. The van der Waals surface area contributed by atoms with Crippen LogP contribution in [0.1, 0.15) is 19.8 Å². The molecule has 3 amide bonds. The van der Waals surface area contributed by atoms with Crippen molar-refractivity contribution in [2.75, 3.05) is 39.8 Å². The molecule has 2 fully saturated rings. The third kappa shape index (κ3) is 9.61. The second kappa shape index (κ2) is 14.7. The monoisotopic (exact) mass is 387 g/mol. The van der Waals surface area contributed by atoms with Gasteiger partial charge in [-0.15, -0.1) is 4.48 Å². The number of rotatable bonds is 7. The lowest BCUT2D eigenvalue weighted by atomic mass is 10.1. The number of carbonyl (C=O) groups excluding carboxylic acids is 2. The second-order valence-electron chi connectivity index (χ2n) is 5.01. The van der Waals surface area contributed by atoms with E-state index in [4.69, 9.17) is 4.62 Å². The largest absolute Gasteiger partial charge is 0.344 e. The Kier molecular flexibility index (Phi) is 14.3. The van der Waals surface area contributed by atoms with Crippen LogP contribution in [0.5, 0.6) is 0 Å². The average molecular weight is 387 g/mol. The van der Waals surface area contributed by atoms with Crippen LogP contribution in [-0.2, 0) is 14.3 Å². The minimum atomic E-state index is 0.0162. The Morgan fingerprint density at radius 3 is 2.67 bits per heavy atom. The molecule has 9 nitrogen and oxygen atoms in total.